The van der Waals surface area contributed by atoms with Crippen molar-refractivity contribution in [3.05, 3.63) is 34.3 Å². The van der Waals surface area contributed by atoms with Gasteiger partial charge in [0.15, 0.2) is 0 Å². The molecule has 0 unspecified atom stereocenters. The van der Waals surface area contributed by atoms with Crippen LogP contribution in [0.1, 0.15) is 44.1 Å². The van der Waals surface area contributed by atoms with Gasteiger partial charge in [-0.1, -0.05) is 53.7 Å². The van der Waals surface area contributed by atoms with Gasteiger partial charge in [0.25, 0.3) is 0 Å². The topological polar surface area (TPSA) is 50.4 Å². The lowest BCUT2D eigenvalue weighted by Crippen LogP contribution is -2.33. The van der Waals surface area contributed by atoms with Crippen LogP contribution in [0.2, 0.25) is 0 Å². The van der Waals surface area contributed by atoms with Crippen LogP contribution in [0.25, 0.3) is 0 Å². The van der Waals surface area contributed by atoms with Crippen LogP contribution in [0.15, 0.2) is 33.7 Å². The number of hydrogen-bond donors (Lipinski definition) is 2. The van der Waals surface area contributed by atoms with Crippen molar-refractivity contribution in [2.24, 2.45) is 10.8 Å². The molecule has 1 aromatic carbocycles. The largest absolute Gasteiger partial charge is 0.312 e. The van der Waals surface area contributed by atoms with Crippen molar-refractivity contribution < 1.29 is 0 Å². The highest BCUT2D eigenvalue weighted by molar-refractivity contribution is 9.10. The van der Waals surface area contributed by atoms with Gasteiger partial charge in [0.05, 0.1) is 6.04 Å². The number of rotatable bonds is 3. The Bertz CT molecular complexity index is 406. The number of amidine groups is 1. The smallest absolute Gasteiger partial charge is 0.115 e. The predicted molar refractivity (Wildman–Crippen MR) is 84.1 cm³/mol. The van der Waals surface area contributed by atoms with E-state index in [9.17, 15) is 0 Å². The zero-order chi connectivity index (χ0) is 13.5. The fourth-order valence-corrected chi connectivity index (χ4v) is 2.80. The molecule has 0 heterocycles. The number of nitrogens with one attached hydrogen (secondary N) is 1. The summed E-state index contributed by atoms with van der Waals surface area (Å²) in [4.78, 5) is 4.80. The van der Waals surface area contributed by atoms with Crippen LogP contribution >= 0.6 is 15.9 Å². The second-order valence-corrected chi connectivity index (χ2v) is 6.08. The standard InChI is InChI=1S/C15H22BrN3/c16-13-9-7-12(8-10-13)11-15(19-17)18-14-5-3-1-2-4-6-14/h7-10,14H,1-6,11,17H2,(H,18,19). The van der Waals surface area contributed by atoms with Crippen molar-refractivity contribution in [1.29, 1.82) is 0 Å². The minimum absolute atomic E-state index is 0.448. The molecule has 19 heavy (non-hydrogen) atoms. The minimum atomic E-state index is 0.448. The minimum Gasteiger partial charge on any atom is -0.312 e. The van der Waals surface area contributed by atoms with Crippen LogP contribution in [-0.4, -0.2) is 11.9 Å². The first-order chi connectivity index (χ1) is 9.28. The Labute approximate surface area is 123 Å². The van der Waals surface area contributed by atoms with Gasteiger partial charge in [-0.05, 0) is 30.5 Å². The Morgan fingerprint density at radius 1 is 1.16 bits per heavy atom. The van der Waals surface area contributed by atoms with E-state index in [1.54, 1.807) is 0 Å². The molecule has 0 bridgehead atoms. The predicted octanol–water partition coefficient (Wildman–Crippen LogP) is 3.58. The van der Waals surface area contributed by atoms with Crippen molar-refractivity contribution in [3.63, 3.8) is 0 Å². The van der Waals surface area contributed by atoms with E-state index in [1.807, 2.05) is 0 Å². The number of nitrogens with two attached hydrogens (primary N) is 1. The van der Waals surface area contributed by atoms with Crippen molar-refractivity contribution in [1.82, 2.24) is 5.43 Å². The summed E-state index contributed by atoms with van der Waals surface area (Å²) in [5, 5.41) is 0. The van der Waals surface area contributed by atoms with Crippen LogP contribution < -0.4 is 11.3 Å². The summed E-state index contributed by atoms with van der Waals surface area (Å²) in [5.41, 5.74) is 4.00. The maximum atomic E-state index is 5.62. The van der Waals surface area contributed by atoms with Gasteiger partial charge in [0.2, 0.25) is 0 Å². The summed E-state index contributed by atoms with van der Waals surface area (Å²) in [6.07, 6.45) is 8.47. The highest BCUT2D eigenvalue weighted by atomic mass is 79.9. The lowest BCUT2D eigenvalue weighted by molar-refractivity contribution is 0.581. The first-order valence-corrected chi connectivity index (χ1v) is 7.85. The van der Waals surface area contributed by atoms with E-state index in [0.29, 0.717) is 6.04 Å². The second kappa shape index (κ2) is 7.65. The molecule has 2 rings (SSSR count). The summed E-state index contributed by atoms with van der Waals surface area (Å²) in [7, 11) is 0. The number of hydrazine groups is 1. The monoisotopic (exact) mass is 323 g/mol. The highest BCUT2D eigenvalue weighted by Crippen LogP contribution is 2.20. The van der Waals surface area contributed by atoms with Gasteiger partial charge in [-0.15, -0.1) is 0 Å². The second-order valence-electron chi connectivity index (χ2n) is 5.17. The van der Waals surface area contributed by atoms with E-state index < -0.39 is 0 Å². The van der Waals surface area contributed by atoms with Crippen molar-refractivity contribution in [2.75, 3.05) is 0 Å². The van der Waals surface area contributed by atoms with Gasteiger partial charge in [-0.3, -0.25) is 4.99 Å². The van der Waals surface area contributed by atoms with E-state index in [1.165, 1.54) is 44.1 Å². The molecule has 0 atom stereocenters. The van der Waals surface area contributed by atoms with Crippen LogP contribution in [0, 0.1) is 0 Å². The first-order valence-electron chi connectivity index (χ1n) is 7.05. The van der Waals surface area contributed by atoms with Crippen LogP contribution in [0.3, 0.4) is 0 Å². The Hall–Kier alpha value is -0.870. The SMILES string of the molecule is NNC(Cc1ccc(Br)cc1)=NC1CCCCCC1. The summed E-state index contributed by atoms with van der Waals surface area (Å²) >= 11 is 3.45. The molecule has 1 aromatic rings. The molecule has 3 nitrogen and oxygen atoms in total. The molecule has 3 N–H and O–H groups in total. The normalized spacial score (nSPS) is 18.1. The van der Waals surface area contributed by atoms with Gasteiger partial charge in [-0.2, -0.15) is 0 Å². The van der Waals surface area contributed by atoms with Gasteiger partial charge in [-0.25, -0.2) is 5.84 Å². The molecule has 0 saturated heterocycles. The van der Waals surface area contributed by atoms with E-state index in [0.717, 1.165) is 16.7 Å². The molecule has 1 fully saturated rings. The molecule has 0 aromatic heterocycles. The molecular formula is C15H22BrN3. The number of benzene rings is 1. The molecule has 104 valence electrons. The molecule has 4 heteroatoms. The van der Waals surface area contributed by atoms with E-state index in [-0.39, 0.29) is 0 Å². The average Bonchev–Trinajstić information content (AvgIpc) is 2.69. The van der Waals surface area contributed by atoms with E-state index in [4.69, 9.17) is 10.8 Å². The molecule has 0 amide bonds. The fraction of sp³-hybridized carbons (Fsp3) is 0.533. The third-order valence-electron chi connectivity index (χ3n) is 3.61. The van der Waals surface area contributed by atoms with Gasteiger partial charge in [0.1, 0.15) is 5.84 Å². The van der Waals surface area contributed by atoms with E-state index >= 15 is 0 Å². The average molecular weight is 324 g/mol. The molecule has 0 radical (unpaired) electrons. The Kier molecular flexibility index (Phi) is 5.86. The molecular weight excluding hydrogens is 302 g/mol. The lowest BCUT2D eigenvalue weighted by atomic mass is 10.1. The third kappa shape index (κ3) is 4.96. The van der Waals surface area contributed by atoms with Crippen molar-refractivity contribution >= 4 is 21.8 Å². The molecule has 0 spiro atoms. The zero-order valence-electron chi connectivity index (χ0n) is 11.2. The van der Waals surface area contributed by atoms with Gasteiger partial charge in [0, 0.05) is 10.9 Å². The molecule has 1 aliphatic carbocycles. The Morgan fingerprint density at radius 2 is 1.79 bits per heavy atom. The summed E-state index contributed by atoms with van der Waals surface area (Å²) in [5.74, 6) is 6.51. The van der Waals surface area contributed by atoms with Crippen molar-refractivity contribution in [2.45, 2.75) is 51.0 Å². The number of aliphatic imine (C=N–C) groups is 1. The lowest BCUT2D eigenvalue weighted by Gasteiger charge is -2.12. The number of hydrogen-bond acceptors (Lipinski definition) is 2. The van der Waals surface area contributed by atoms with Crippen LogP contribution in [0.5, 0.6) is 0 Å². The van der Waals surface area contributed by atoms with E-state index in [2.05, 4.69) is 45.6 Å². The molecule has 1 saturated carbocycles. The quantitative estimate of drug-likeness (QED) is 0.294. The van der Waals surface area contributed by atoms with Gasteiger partial charge < -0.3 is 5.43 Å². The third-order valence-corrected chi connectivity index (χ3v) is 4.14. The first kappa shape index (κ1) is 14.5. The molecule has 1 aliphatic rings. The fourth-order valence-electron chi connectivity index (χ4n) is 2.54. The highest BCUT2D eigenvalue weighted by Gasteiger charge is 2.12. The maximum absolute atomic E-state index is 5.62. The number of nitrogens with zero attached hydrogens (tertiary/aromatic N) is 1. The van der Waals surface area contributed by atoms with Gasteiger partial charge >= 0.3 is 0 Å². The van der Waals surface area contributed by atoms with Crippen molar-refractivity contribution in [3.8, 4) is 0 Å². The Morgan fingerprint density at radius 3 is 2.37 bits per heavy atom. The number of halogens is 1. The summed E-state index contributed by atoms with van der Waals surface area (Å²) < 4.78 is 1.10. The van der Waals surface area contributed by atoms with Crippen LogP contribution in [0.4, 0.5) is 0 Å². The Balaban J connectivity index is 1.99. The zero-order valence-corrected chi connectivity index (χ0v) is 12.8. The van der Waals surface area contributed by atoms with Crippen LogP contribution in [-0.2, 0) is 6.42 Å². The maximum Gasteiger partial charge on any atom is 0.115 e. The molecule has 0 aliphatic heterocycles. The summed E-state index contributed by atoms with van der Waals surface area (Å²) in [6.45, 7) is 0. The summed E-state index contributed by atoms with van der Waals surface area (Å²) in [6, 6.07) is 8.75.